The fourth-order valence-electron chi connectivity index (χ4n) is 2.83. The summed E-state index contributed by atoms with van der Waals surface area (Å²) in [6, 6.07) is 12.9. The van der Waals surface area contributed by atoms with Gasteiger partial charge in [0.2, 0.25) is 10.0 Å². The second kappa shape index (κ2) is 7.40. The van der Waals surface area contributed by atoms with Crippen LogP contribution in [0.2, 0.25) is 0 Å². The summed E-state index contributed by atoms with van der Waals surface area (Å²) in [6.45, 7) is 1.80. The number of rotatable bonds is 6. The van der Waals surface area contributed by atoms with Gasteiger partial charge in [-0.3, -0.25) is 9.40 Å². The van der Waals surface area contributed by atoms with E-state index in [1.165, 1.54) is 22.9 Å². The standard InChI is InChI=1S/C19H20FN3O3S/c1-13-18(15-7-9-17(26-3)10-8-15)21-23(2)19(13)22-27(24,25)12-14-5-4-6-16(20)11-14/h4-11,22H,12H2,1-3H3. The number of anilines is 1. The molecule has 1 heterocycles. The highest BCUT2D eigenvalue weighted by molar-refractivity contribution is 7.91. The minimum absolute atomic E-state index is 0.326. The Morgan fingerprint density at radius 1 is 1.19 bits per heavy atom. The molecular weight excluding hydrogens is 369 g/mol. The maximum absolute atomic E-state index is 13.3. The lowest BCUT2D eigenvalue weighted by molar-refractivity contribution is 0.415. The zero-order chi connectivity index (χ0) is 19.6. The third-order valence-corrected chi connectivity index (χ3v) is 5.36. The Bertz CT molecular complexity index is 1060. The molecule has 0 spiro atoms. The Morgan fingerprint density at radius 3 is 2.52 bits per heavy atom. The van der Waals surface area contributed by atoms with Gasteiger partial charge in [0.25, 0.3) is 0 Å². The van der Waals surface area contributed by atoms with Gasteiger partial charge in [0, 0.05) is 18.2 Å². The quantitative estimate of drug-likeness (QED) is 0.700. The normalized spacial score (nSPS) is 11.4. The molecule has 2 aromatic carbocycles. The minimum atomic E-state index is -3.73. The van der Waals surface area contributed by atoms with Crippen LogP contribution in [0.25, 0.3) is 11.3 Å². The van der Waals surface area contributed by atoms with Gasteiger partial charge in [0.15, 0.2) is 0 Å². The highest BCUT2D eigenvalue weighted by Gasteiger charge is 2.20. The molecule has 0 saturated heterocycles. The summed E-state index contributed by atoms with van der Waals surface area (Å²) >= 11 is 0. The average Bonchev–Trinajstić information content (AvgIpc) is 2.89. The highest BCUT2D eigenvalue weighted by Crippen LogP contribution is 2.29. The molecule has 27 heavy (non-hydrogen) atoms. The lowest BCUT2D eigenvalue weighted by Gasteiger charge is -2.09. The van der Waals surface area contributed by atoms with E-state index in [1.807, 2.05) is 24.3 Å². The highest BCUT2D eigenvalue weighted by atomic mass is 32.2. The van der Waals surface area contributed by atoms with Crippen LogP contribution in [0.4, 0.5) is 10.2 Å². The minimum Gasteiger partial charge on any atom is -0.497 e. The smallest absolute Gasteiger partial charge is 0.238 e. The fraction of sp³-hybridized carbons (Fsp3) is 0.211. The van der Waals surface area contributed by atoms with Crippen molar-refractivity contribution in [3.05, 3.63) is 65.5 Å². The number of aromatic nitrogens is 2. The third-order valence-electron chi connectivity index (χ3n) is 4.15. The second-order valence-corrected chi connectivity index (χ2v) is 7.89. The van der Waals surface area contributed by atoms with E-state index in [9.17, 15) is 12.8 Å². The van der Waals surface area contributed by atoms with Gasteiger partial charge in [-0.05, 0) is 48.9 Å². The topological polar surface area (TPSA) is 73.2 Å². The molecule has 0 atom stereocenters. The van der Waals surface area contributed by atoms with E-state index < -0.39 is 15.8 Å². The van der Waals surface area contributed by atoms with Gasteiger partial charge in [-0.15, -0.1) is 0 Å². The Labute approximate surface area is 157 Å². The van der Waals surface area contributed by atoms with Gasteiger partial charge in [-0.25, -0.2) is 12.8 Å². The van der Waals surface area contributed by atoms with Crippen LogP contribution in [0, 0.1) is 12.7 Å². The molecule has 142 valence electrons. The van der Waals surface area contributed by atoms with Gasteiger partial charge in [0.1, 0.15) is 17.4 Å². The Morgan fingerprint density at radius 2 is 1.89 bits per heavy atom. The third kappa shape index (κ3) is 4.28. The number of hydrogen-bond acceptors (Lipinski definition) is 4. The number of sulfonamides is 1. The van der Waals surface area contributed by atoms with Crippen LogP contribution in [0.15, 0.2) is 48.5 Å². The second-order valence-electron chi connectivity index (χ2n) is 6.17. The van der Waals surface area contributed by atoms with E-state index in [0.29, 0.717) is 22.6 Å². The van der Waals surface area contributed by atoms with Crippen LogP contribution in [0.1, 0.15) is 11.1 Å². The van der Waals surface area contributed by atoms with Crippen molar-refractivity contribution in [1.29, 1.82) is 0 Å². The Hall–Kier alpha value is -2.87. The zero-order valence-corrected chi connectivity index (χ0v) is 16.0. The lowest BCUT2D eigenvalue weighted by atomic mass is 10.1. The number of ether oxygens (including phenoxy) is 1. The molecule has 0 saturated carbocycles. The van der Waals surface area contributed by atoms with E-state index in [-0.39, 0.29) is 5.75 Å². The molecule has 0 unspecified atom stereocenters. The maximum atomic E-state index is 13.3. The number of nitrogens with one attached hydrogen (secondary N) is 1. The molecule has 0 aliphatic heterocycles. The number of methoxy groups -OCH3 is 1. The monoisotopic (exact) mass is 389 g/mol. The van der Waals surface area contributed by atoms with E-state index in [2.05, 4.69) is 9.82 Å². The first-order chi connectivity index (χ1) is 12.8. The first-order valence-electron chi connectivity index (χ1n) is 8.22. The first kappa shape index (κ1) is 18.9. The van der Waals surface area contributed by atoms with E-state index in [0.717, 1.165) is 11.3 Å². The summed E-state index contributed by atoms with van der Waals surface area (Å²) in [7, 11) is -0.470. The first-order valence-corrected chi connectivity index (χ1v) is 9.87. The summed E-state index contributed by atoms with van der Waals surface area (Å²) < 4.78 is 47.5. The number of hydrogen-bond donors (Lipinski definition) is 1. The number of nitrogens with zero attached hydrogens (tertiary/aromatic N) is 2. The number of benzene rings is 2. The molecule has 3 rings (SSSR count). The average molecular weight is 389 g/mol. The molecule has 0 fully saturated rings. The molecule has 0 bridgehead atoms. The molecule has 6 nitrogen and oxygen atoms in total. The summed E-state index contributed by atoms with van der Waals surface area (Å²) in [4.78, 5) is 0. The summed E-state index contributed by atoms with van der Waals surface area (Å²) in [6.07, 6.45) is 0. The molecular formula is C19H20FN3O3S. The molecule has 1 aromatic heterocycles. The van der Waals surface area contributed by atoms with Gasteiger partial charge in [-0.2, -0.15) is 5.10 Å². The molecule has 0 aliphatic carbocycles. The van der Waals surface area contributed by atoms with Crippen molar-refractivity contribution < 1.29 is 17.5 Å². The van der Waals surface area contributed by atoms with Crippen LogP contribution >= 0.6 is 0 Å². The molecule has 0 radical (unpaired) electrons. The predicted octanol–water partition coefficient (Wildman–Crippen LogP) is 3.49. The molecule has 0 amide bonds. The lowest BCUT2D eigenvalue weighted by Crippen LogP contribution is -2.17. The van der Waals surface area contributed by atoms with Crippen LogP contribution in [-0.2, 0) is 22.8 Å². The van der Waals surface area contributed by atoms with Gasteiger partial charge in [0.05, 0.1) is 18.6 Å². The van der Waals surface area contributed by atoms with Crippen LogP contribution in [-0.4, -0.2) is 25.3 Å². The maximum Gasteiger partial charge on any atom is 0.238 e. The van der Waals surface area contributed by atoms with Crippen molar-refractivity contribution in [3.8, 4) is 17.0 Å². The summed E-state index contributed by atoms with van der Waals surface area (Å²) in [5.74, 6) is 0.301. The van der Waals surface area contributed by atoms with Crippen molar-refractivity contribution >= 4 is 15.8 Å². The van der Waals surface area contributed by atoms with Crippen LogP contribution < -0.4 is 9.46 Å². The number of halogens is 1. The Balaban J connectivity index is 1.87. The largest absolute Gasteiger partial charge is 0.497 e. The van der Waals surface area contributed by atoms with E-state index in [1.54, 1.807) is 27.1 Å². The van der Waals surface area contributed by atoms with Gasteiger partial charge < -0.3 is 4.74 Å². The van der Waals surface area contributed by atoms with Crippen LogP contribution in [0.3, 0.4) is 0 Å². The van der Waals surface area contributed by atoms with E-state index >= 15 is 0 Å². The van der Waals surface area contributed by atoms with Crippen molar-refractivity contribution in [1.82, 2.24) is 9.78 Å². The number of aryl methyl sites for hydroxylation is 1. The fourth-order valence-corrected chi connectivity index (χ4v) is 4.10. The Kier molecular flexibility index (Phi) is 5.18. The van der Waals surface area contributed by atoms with E-state index in [4.69, 9.17) is 4.74 Å². The molecule has 8 heteroatoms. The molecule has 1 N–H and O–H groups in total. The molecule has 3 aromatic rings. The van der Waals surface area contributed by atoms with Crippen molar-refractivity contribution in [2.24, 2.45) is 7.05 Å². The van der Waals surface area contributed by atoms with Gasteiger partial charge >= 0.3 is 0 Å². The van der Waals surface area contributed by atoms with Crippen LogP contribution in [0.5, 0.6) is 5.75 Å². The summed E-state index contributed by atoms with van der Waals surface area (Å²) in [5, 5.41) is 4.43. The molecule has 0 aliphatic rings. The zero-order valence-electron chi connectivity index (χ0n) is 15.2. The van der Waals surface area contributed by atoms with Crippen molar-refractivity contribution in [2.45, 2.75) is 12.7 Å². The van der Waals surface area contributed by atoms with Gasteiger partial charge in [-0.1, -0.05) is 12.1 Å². The SMILES string of the molecule is COc1ccc(-c2nn(C)c(NS(=O)(=O)Cc3cccc(F)c3)c2C)cc1. The van der Waals surface area contributed by atoms with Crippen molar-refractivity contribution in [2.75, 3.05) is 11.8 Å². The van der Waals surface area contributed by atoms with Crippen molar-refractivity contribution in [3.63, 3.8) is 0 Å². The predicted molar refractivity (Wildman–Crippen MR) is 103 cm³/mol. The summed E-state index contributed by atoms with van der Waals surface area (Å²) in [5.41, 5.74) is 2.59.